The van der Waals surface area contributed by atoms with E-state index >= 15 is 0 Å². The van der Waals surface area contributed by atoms with E-state index in [1.165, 1.54) is 11.1 Å². The van der Waals surface area contributed by atoms with Crippen LogP contribution < -0.4 is 0 Å². The summed E-state index contributed by atoms with van der Waals surface area (Å²) < 4.78 is 27.1. The minimum absolute atomic E-state index is 0.166. The number of aromatic nitrogens is 3. The maximum Gasteiger partial charge on any atom is 0.149 e. The molecule has 2 heterocycles. The van der Waals surface area contributed by atoms with Gasteiger partial charge in [0.05, 0.1) is 28.0 Å². The number of aryl methyl sites for hydroxylation is 2. The summed E-state index contributed by atoms with van der Waals surface area (Å²) in [5, 5.41) is 12.2. The molecule has 0 aliphatic carbocycles. The van der Waals surface area contributed by atoms with Gasteiger partial charge >= 0.3 is 0 Å². The van der Waals surface area contributed by atoms with Crippen LogP contribution in [-0.4, -0.2) is 19.6 Å². The Balaban J connectivity index is 1.27. The maximum absolute atomic E-state index is 12.2. The van der Waals surface area contributed by atoms with Gasteiger partial charge in [-0.3, -0.25) is 9.55 Å². The lowest BCUT2D eigenvalue weighted by atomic mass is 9.83. The molecule has 9 rings (SSSR count). The van der Waals surface area contributed by atoms with Gasteiger partial charge in [0.25, 0.3) is 0 Å². The molecule has 9 aromatic rings. The minimum atomic E-state index is -2.32. The number of pyridine rings is 1. The molecule has 4 nitrogen and oxygen atoms in total. The van der Waals surface area contributed by atoms with E-state index in [0.717, 1.165) is 78.0 Å². The largest absolute Gasteiger partial charge is 0.507 e. The number of rotatable bonds is 7. The van der Waals surface area contributed by atoms with Crippen molar-refractivity contribution in [2.75, 3.05) is 0 Å². The Bertz CT molecular complexity index is 3210. The van der Waals surface area contributed by atoms with Crippen molar-refractivity contribution in [2.45, 2.75) is 66.1 Å². The molecule has 1 N–H and O–H groups in total. The van der Waals surface area contributed by atoms with Gasteiger partial charge < -0.3 is 5.11 Å². The molecule has 0 unspecified atom stereocenters. The lowest BCUT2D eigenvalue weighted by Gasteiger charge is -2.23. The number of hydrogen-bond donors (Lipinski definition) is 1. The predicted octanol–water partition coefficient (Wildman–Crippen LogP) is 15.3. The second-order valence-electron chi connectivity index (χ2n) is 18.4. The summed E-state index contributed by atoms with van der Waals surface area (Å²) in [5.74, 6) is 0.720. The highest BCUT2D eigenvalue weighted by molar-refractivity contribution is 5.98. The lowest BCUT2D eigenvalue weighted by molar-refractivity contribution is 0.448. The van der Waals surface area contributed by atoms with E-state index < -0.39 is 6.85 Å². The van der Waals surface area contributed by atoms with Crippen molar-refractivity contribution < 1.29 is 9.22 Å². The first-order chi connectivity index (χ1) is 30.9. The van der Waals surface area contributed by atoms with Crippen LogP contribution in [0.5, 0.6) is 5.75 Å². The molecule has 0 fully saturated rings. The molecule has 0 bridgehead atoms. The third kappa shape index (κ3) is 7.74. The quantitative estimate of drug-likeness (QED) is 0.174. The fourth-order valence-corrected chi connectivity index (χ4v) is 8.48. The number of benzene rings is 7. The first-order valence-corrected chi connectivity index (χ1v) is 21.3. The van der Waals surface area contributed by atoms with Crippen LogP contribution in [0.1, 0.15) is 67.9 Å². The number of nitrogens with zero attached hydrogens (tertiary/aromatic N) is 3. The highest BCUT2D eigenvalue weighted by Crippen LogP contribution is 2.44. The van der Waals surface area contributed by atoms with E-state index in [4.69, 9.17) is 14.1 Å². The summed E-state index contributed by atoms with van der Waals surface area (Å²) in [5.41, 5.74) is 15.5. The average Bonchev–Trinajstić information content (AvgIpc) is 3.68. The van der Waals surface area contributed by atoms with Gasteiger partial charge in [-0.2, -0.15) is 0 Å². The average molecular weight is 811 g/mol. The van der Waals surface area contributed by atoms with Gasteiger partial charge in [-0.25, -0.2) is 4.98 Å². The Morgan fingerprint density at radius 1 is 0.516 bits per heavy atom. The van der Waals surface area contributed by atoms with E-state index in [9.17, 15) is 5.11 Å². The number of para-hydroxylation sites is 1. The second-order valence-corrected chi connectivity index (χ2v) is 18.4. The van der Waals surface area contributed by atoms with Crippen LogP contribution in [0.15, 0.2) is 170 Å². The van der Waals surface area contributed by atoms with E-state index in [1.807, 2.05) is 67.7 Å². The maximum atomic E-state index is 12.2. The monoisotopic (exact) mass is 810 g/mol. The van der Waals surface area contributed by atoms with Crippen LogP contribution in [0.4, 0.5) is 0 Å². The Kier molecular flexibility index (Phi) is 9.36. The third-order valence-corrected chi connectivity index (χ3v) is 11.8. The van der Waals surface area contributed by atoms with Gasteiger partial charge in [-0.1, -0.05) is 162 Å². The van der Waals surface area contributed by atoms with Crippen molar-refractivity contribution in [1.29, 1.82) is 0 Å². The molecule has 306 valence electrons. The Morgan fingerprint density at radius 3 is 1.84 bits per heavy atom. The SMILES string of the molecule is [2H]C([2H])([2H])c1ccc(-n2c(-c3cc(C)cc(C(C)(C)C)c3O)nc3c(-c4cc(-c5cc(-c6ccc(-c7ccccc7)cc6)ccn5)cc(C(C)(C)C)c4)cccc32)c(-c2ccccc2)c1. The molecule has 2 aromatic heterocycles. The van der Waals surface area contributed by atoms with Crippen LogP contribution >= 0.6 is 0 Å². The van der Waals surface area contributed by atoms with Crippen molar-refractivity contribution in [2.24, 2.45) is 0 Å². The molecule has 0 spiro atoms. The number of phenols is 1. The van der Waals surface area contributed by atoms with Crippen molar-refractivity contribution in [1.82, 2.24) is 14.5 Å². The fourth-order valence-electron chi connectivity index (χ4n) is 8.48. The van der Waals surface area contributed by atoms with Gasteiger partial charge in [0, 0.05) is 32.6 Å². The Labute approximate surface area is 370 Å². The van der Waals surface area contributed by atoms with Crippen molar-refractivity contribution in [3.63, 3.8) is 0 Å². The normalized spacial score (nSPS) is 12.9. The standard InChI is InChI=1S/C58H53N3O/c1-37-22-27-52(48(30-37)42-18-13-10-14-19-42)61-53-21-15-20-47(54(53)60-56(61)49-31-38(2)32-50(55(49)62)58(6,7)8)44-33-45(35-46(34-44)57(3,4)5)51-36-43(28-29-59-51)41-25-23-40(24-26-41)39-16-11-9-12-17-39/h9-36,62H,1-8H3/i1D3. The van der Waals surface area contributed by atoms with Crippen LogP contribution in [0, 0.1) is 13.8 Å². The van der Waals surface area contributed by atoms with E-state index in [-0.39, 0.29) is 22.1 Å². The van der Waals surface area contributed by atoms with Crippen LogP contribution in [0.25, 0.3) is 83.9 Å². The molecular weight excluding hydrogens is 755 g/mol. The Hall–Kier alpha value is -7.04. The van der Waals surface area contributed by atoms with E-state index in [2.05, 4.69) is 143 Å². The predicted molar refractivity (Wildman–Crippen MR) is 260 cm³/mol. The van der Waals surface area contributed by atoms with E-state index in [1.54, 1.807) is 12.1 Å². The molecule has 0 amide bonds. The third-order valence-electron chi connectivity index (χ3n) is 11.8. The topological polar surface area (TPSA) is 50.9 Å². The molecule has 0 atom stereocenters. The summed E-state index contributed by atoms with van der Waals surface area (Å²) in [4.78, 5) is 10.5. The van der Waals surface area contributed by atoms with Crippen molar-refractivity contribution in [3.05, 3.63) is 192 Å². The zero-order valence-electron chi connectivity index (χ0n) is 39.5. The molecule has 0 saturated heterocycles. The number of aromatic hydroxyl groups is 1. The van der Waals surface area contributed by atoms with E-state index in [0.29, 0.717) is 11.4 Å². The van der Waals surface area contributed by atoms with Gasteiger partial charge in [0.15, 0.2) is 0 Å². The molecular formula is C58H53N3O. The molecule has 0 aliphatic rings. The lowest BCUT2D eigenvalue weighted by Crippen LogP contribution is -2.12. The fraction of sp³-hybridized carbons (Fsp3) is 0.172. The molecule has 0 aliphatic heterocycles. The molecule has 4 heteroatoms. The van der Waals surface area contributed by atoms with Crippen molar-refractivity contribution in [3.8, 4) is 78.6 Å². The number of hydrogen-bond acceptors (Lipinski definition) is 3. The minimum Gasteiger partial charge on any atom is -0.507 e. The van der Waals surface area contributed by atoms with Crippen LogP contribution in [-0.2, 0) is 10.8 Å². The smallest absolute Gasteiger partial charge is 0.149 e. The van der Waals surface area contributed by atoms with Crippen LogP contribution in [0.2, 0.25) is 0 Å². The van der Waals surface area contributed by atoms with Crippen molar-refractivity contribution >= 4 is 11.0 Å². The highest BCUT2D eigenvalue weighted by atomic mass is 16.3. The van der Waals surface area contributed by atoms with Gasteiger partial charge in [-0.05, 0) is 118 Å². The number of imidazole rings is 1. The summed E-state index contributed by atoms with van der Waals surface area (Å²) in [6, 6.07) is 55.5. The highest BCUT2D eigenvalue weighted by Gasteiger charge is 2.27. The van der Waals surface area contributed by atoms with Gasteiger partial charge in [0.2, 0.25) is 0 Å². The summed E-state index contributed by atoms with van der Waals surface area (Å²) in [6.07, 6.45) is 1.88. The zero-order chi connectivity index (χ0) is 45.8. The van der Waals surface area contributed by atoms with Crippen LogP contribution in [0.3, 0.4) is 0 Å². The first-order valence-electron chi connectivity index (χ1n) is 22.8. The molecule has 62 heavy (non-hydrogen) atoms. The molecule has 7 aromatic carbocycles. The summed E-state index contributed by atoms with van der Waals surface area (Å²) in [7, 11) is 0. The first kappa shape index (κ1) is 36.8. The second kappa shape index (κ2) is 15.8. The zero-order valence-corrected chi connectivity index (χ0v) is 36.5. The van der Waals surface area contributed by atoms with Gasteiger partial charge in [-0.15, -0.1) is 0 Å². The number of fused-ring (bicyclic) bond motifs is 1. The van der Waals surface area contributed by atoms with Gasteiger partial charge in [0.1, 0.15) is 11.6 Å². The Morgan fingerprint density at radius 2 is 1.16 bits per heavy atom. The molecule has 0 radical (unpaired) electrons. The summed E-state index contributed by atoms with van der Waals surface area (Å²) >= 11 is 0. The molecule has 0 saturated carbocycles. The summed E-state index contributed by atoms with van der Waals surface area (Å²) in [6.45, 7) is 12.7. The number of phenolic OH excluding ortho intramolecular Hbond substituents is 1.